The average Bonchev–Trinajstić information content (AvgIpc) is 2.15. The smallest absolute Gasteiger partial charge is 0.0417 e. The van der Waals surface area contributed by atoms with Crippen LogP contribution >= 0.6 is 0 Å². The van der Waals surface area contributed by atoms with E-state index in [2.05, 4.69) is 25.1 Å². The Balaban J connectivity index is 2.14. The van der Waals surface area contributed by atoms with Crippen LogP contribution in [0.1, 0.15) is 26.7 Å². The van der Waals surface area contributed by atoms with Gasteiger partial charge in [0.2, 0.25) is 0 Å². The highest BCUT2D eigenvalue weighted by Crippen LogP contribution is 2.17. The van der Waals surface area contributed by atoms with Gasteiger partial charge in [-0.1, -0.05) is 13.8 Å². The third-order valence-corrected chi connectivity index (χ3v) is 1.74. The van der Waals surface area contributed by atoms with E-state index in [9.17, 15) is 0 Å². The van der Waals surface area contributed by atoms with Gasteiger partial charge in [0.1, 0.15) is 0 Å². The van der Waals surface area contributed by atoms with Gasteiger partial charge in [-0.15, -0.1) is 0 Å². The first-order valence-corrected chi connectivity index (χ1v) is 3.77. The lowest BCUT2D eigenvalue weighted by molar-refractivity contribution is 0.445. The van der Waals surface area contributed by atoms with E-state index in [1.807, 2.05) is 0 Å². The molecule has 0 aliphatic carbocycles. The Kier molecular flexibility index (Phi) is 2.26. The Morgan fingerprint density at radius 1 is 1.67 bits per heavy atom. The van der Waals surface area contributed by atoms with Crippen LogP contribution in [0.25, 0.3) is 0 Å². The quantitative estimate of drug-likeness (QED) is 0.536. The van der Waals surface area contributed by atoms with Crippen molar-refractivity contribution in [2.45, 2.75) is 26.7 Å². The van der Waals surface area contributed by atoms with Crippen LogP contribution < -0.4 is 0 Å². The van der Waals surface area contributed by atoms with Gasteiger partial charge in [0.15, 0.2) is 0 Å². The molecule has 1 heterocycles. The van der Waals surface area contributed by atoms with Gasteiger partial charge in [-0.3, -0.25) is 4.99 Å². The minimum absolute atomic E-state index is 0.844. The maximum Gasteiger partial charge on any atom is 0.0417 e. The fraction of sp³-hybridized carbons (Fsp3) is 0.875. The third-order valence-electron chi connectivity index (χ3n) is 1.74. The summed E-state index contributed by atoms with van der Waals surface area (Å²) in [5.41, 5.74) is 0. The normalized spacial score (nSPS) is 25.9. The van der Waals surface area contributed by atoms with E-state index in [-0.39, 0.29) is 0 Å². The standard InChI is InChI=1S/C8H15N/c1-7(2)5-8-3-4-9-6-8/h4,7-8H,3,5-6H2,1-2H3. The number of rotatable bonds is 2. The maximum atomic E-state index is 4.19. The summed E-state index contributed by atoms with van der Waals surface area (Å²) in [6.07, 6.45) is 4.63. The predicted molar refractivity (Wildman–Crippen MR) is 40.9 cm³/mol. The van der Waals surface area contributed by atoms with E-state index in [4.69, 9.17) is 0 Å². The number of nitrogens with zero attached hydrogens (tertiary/aromatic N) is 1. The maximum absolute atomic E-state index is 4.19. The van der Waals surface area contributed by atoms with Gasteiger partial charge in [-0.05, 0) is 30.9 Å². The molecular formula is C8H15N. The van der Waals surface area contributed by atoms with Crippen molar-refractivity contribution >= 4 is 6.21 Å². The Morgan fingerprint density at radius 3 is 2.89 bits per heavy atom. The molecular weight excluding hydrogens is 110 g/mol. The van der Waals surface area contributed by atoms with Crippen LogP contribution in [-0.2, 0) is 0 Å². The molecule has 1 heteroatoms. The number of aliphatic imine (C=N–C) groups is 1. The molecule has 1 aliphatic heterocycles. The molecule has 1 rings (SSSR count). The van der Waals surface area contributed by atoms with Gasteiger partial charge < -0.3 is 0 Å². The van der Waals surface area contributed by atoms with Crippen LogP contribution in [0.2, 0.25) is 0 Å². The van der Waals surface area contributed by atoms with Crippen molar-refractivity contribution in [3.63, 3.8) is 0 Å². The summed E-state index contributed by atoms with van der Waals surface area (Å²) in [5.74, 6) is 1.71. The van der Waals surface area contributed by atoms with E-state index in [0.717, 1.165) is 18.4 Å². The first-order valence-electron chi connectivity index (χ1n) is 3.77. The van der Waals surface area contributed by atoms with Crippen LogP contribution in [0.3, 0.4) is 0 Å². The zero-order chi connectivity index (χ0) is 6.69. The second-order valence-corrected chi connectivity index (χ2v) is 3.28. The Morgan fingerprint density at radius 2 is 2.44 bits per heavy atom. The molecule has 0 aromatic heterocycles. The van der Waals surface area contributed by atoms with Crippen LogP contribution in [0.4, 0.5) is 0 Å². The van der Waals surface area contributed by atoms with Crippen LogP contribution in [0.15, 0.2) is 4.99 Å². The number of hydrogen-bond acceptors (Lipinski definition) is 1. The van der Waals surface area contributed by atoms with Crippen molar-refractivity contribution in [1.82, 2.24) is 0 Å². The Labute approximate surface area is 57.2 Å². The molecule has 52 valence electrons. The lowest BCUT2D eigenvalue weighted by Crippen LogP contribution is -2.03. The second kappa shape index (κ2) is 3.00. The predicted octanol–water partition coefficient (Wildman–Crippen LogP) is 2.12. The molecule has 1 atom stereocenters. The zero-order valence-electron chi connectivity index (χ0n) is 6.30. The van der Waals surface area contributed by atoms with Crippen molar-refractivity contribution in [3.05, 3.63) is 0 Å². The molecule has 0 amide bonds. The molecule has 1 aliphatic rings. The van der Waals surface area contributed by atoms with Crippen LogP contribution in [0.5, 0.6) is 0 Å². The molecule has 1 nitrogen and oxygen atoms in total. The first kappa shape index (κ1) is 6.79. The van der Waals surface area contributed by atoms with Gasteiger partial charge in [0.05, 0.1) is 0 Å². The lowest BCUT2D eigenvalue weighted by atomic mass is 9.96. The summed E-state index contributed by atoms with van der Waals surface area (Å²) < 4.78 is 0. The average molecular weight is 125 g/mol. The molecule has 0 fully saturated rings. The van der Waals surface area contributed by atoms with E-state index in [0.29, 0.717) is 0 Å². The topological polar surface area (TPSA) is 12.4 Å². The number of hydrogen-bond donors (Lipinski definition) is 0. The molecule has 0 aromatic rings. The van der Waals surface area contributed by atoms with Crippen molar-refractivity contribution in [2.24, 2.45) is 16.8 Å². The minimum Gasteiger partial charge on any atom is -0.297 e. The summed E-state index contributed by atoms with van der Waals surface area (Å²) in [6, 6.07) is 0. The van der Waals surface area contributed by atoms with Crippen LogP contribution in [0, 0.1) is 11.8 Å². The van der Waals surface area contributed by atoms with Crippen molar-refractivity contribution in [2.75, 3.05) is 6.54 Å². The highest BCUT2D eigenvalue weighted by atomic mass is 14.7. The van der Waals surface area contributed by atoms with Crippen molar-refractivity contribution in [1.29, 1.82) is 0 Å². The fourth-order valence-electron chi connectivity index (χ4n) is 1.36. The minimum atomic E-state index is 0.844. The van der Waals surface area contributed by atoms with Gasteiger partial charge >= 0.3 is 0 Å². The molecule has 0 N–H and O–H groups in total. The van der Waals surface area contributed by atoms with Gasteiger partial charge in [-0.2, -0.15) is 0 Å². The summed E-state index contributed by atoms with van der Waals surface area (Å²) >= 11 is 0. The SMILES string of the molecule is CC(C)CC1CC=NC1. The Bertz CT molecular complexity index is 97.1. The summed E-state index contributed by atoms with van der Waals surface area (Å²) in [5, 5.41) is 0. The molecule has 0 bridgehead atoms. The van der Waals surface area contributed by atoms with E-state index in [1.165, 1.54) is 12.8 Å². The lowest BCUT2D eigenvalue weighted by Gasteiger charge is -2.09. The molecule has 0 aromatic carbocycles. The van der Waals surface area contributed by atoms with Gasteiger partial charge in [-0.25, -0.2) is 0 Å². The largest absolute Gasteiger partial charge is 0.297 e. The second-order valence-electron chi connectivity index (χ2n) is 3.28. The van der Waals surface area contributed by atoms with E-state index >= 15 is 0 Å². The van der Waals surface area contributed by atoms with Crippen molar-refractivity contribution < 1.29 is 0 Å². The highest BCUT2D eigenvalue weighted by molar-refractivity contribution is 5.59. The molecule has 0 saturated carbocycles. The van der Waals surface area contributed by atoms with E-state index < -0.39 is 0 Å². The summed E-state index contributed by atoms with van der Waals surface area (Å²) in [6.45, 7) is 5.63. The zero-order valence-corrected chi connectivity index (χ0v) is 6.30. The highest BCUT2D eigenvalue weighted by Gasteiger charge is 2.11. The third kappa shape index (κ3) is 2.17. The van der Waals surface area contributed by atoms with Crippen molar-refractivity contribution in [3.8, 4) is 0 Å². The molecule has 9 heavy (non-hydrogen) atoms. The summed E-state index contributed by atoms with van der Waals surface area (Å²) in [4.78, 5) is 4.19. The first-order chi connectivity index (χ1) is 4.29. The molecule has 0 spiro atoms. The van der Waals surface area contributed by atoms with Gasteiger partial charge in [0.25, 0.3) is 0 Å². The fourth-order valence-corrected chi connectivity index (χ4v) is 1.36. The molecule has 1 unspecified atom stereocenters. The van der Waals surface area contributed by atoms with Gasteiger partial charge in [0, 0.05) is 6.54 Å². The van der Waals surface area contributed by atoms with Crippen LogP contribution in [-0.4, -0.2) is 12.8 Å². The molecule has 0 saturated heterocycles. The summed E-state index contributed by atoms with van der Waals surface area (Å²) in [7, 11) is 0. The van der Waals surface area contributed by atoms with E-state index in [1.54, 1.807) is 0 Å². The monoisotopic (exact) mass is 125 g/mol. The molecule has 0 radical (unpaired) electrons. The Hall–Kier alpha value is -0.330.